The van der Waals surface area contributed by atoms with Crippen molar-refractivity contribution in [2.75, 3.05) is 5.73 Å². The number of hydrogen-bond acceptors (Lipinski definition) is 2. The van der Waals surface area contributed by atoms with Crippen LogP contribution in [0.1, 0.15) is 36.7 Å². The largest absolute Gasteiger partial charge is 0.384 e. The van der Waals surface area contributed by atoms with Crippen LogP contribution in [-0.2, 0) is 6.54 Å². The van der Waals surface area contributed by atoms with E-state index in [1.165, 1.54) is 19.3 Å². The number of anilines is 1. The number of aromatic nitrogens is 2. The number of hydrogen-bond donors (Lipinski definition) is 1. The van der Waals surface area contributed by atoms with E-state index in [2.05, 4.69) is 10.9 Å². The molecule has 1 saturated carbocycles. The van der Waals surface area contributed by atoms with Gasteiger partial charge in [-0.25, -0.2) is 4.98 Å². The molecule has 0 spiro atoms. The quantitative estimate of drug-likeness (QED) is 0.719. The molecule has 1 heterocycles. The van der Waals surface area contributed by atoms with Crippen LogP contribution in [0.15, 0.2) is 0 Å². The van der Waals surface area contributed by atoms with E-state index in [-0.39, 0.29) is 0 Å². The first-order valence-corrected chi connectivity index (χ1v) is 5.00. The van der Waals surface area contributed by atoms with Gasteiger partial charge in [-0.3, -0.25) is 0 Å². The highest BCUT2D eigenvalue weighted by molar-refractivity contribution is 5.41. The molecule has 0 atom stereocenters. The minimum atomic E-state index is 0.525. The second-order valence-corrected chi connectivity index (χ2v) is 3.85. The van der Waals surface area contributed by atoms with Gasteiger partial charge >= 0.3 is 0 Å². The van der Waals surface area contributed by atoms with Gasteiger partial charge in [-0.15, -0.1) is 6.42 Å². The van der Waals surface area contributed by atoms with Gasteiger partial charge in [-0.2, -0.15) is 0 Å². The first-order chi connectivity index (χ1) is 6.74. The Hall–Kier alpha value is -1.43. The molecule has 0 aromatic carbocycles. The predicted octanol–water partition coefficient (Wildman–Crippen LogP) is 1.67. The molecule has 1 aromatic rings. The molecule has 1 fully saturated rings. The summed E-state index contributed by atoms with van der Waals surface area (Å²) in [4.78, 5) is 4.49. The summed E-state index contributed by atoms with van der Waals surface area (Å²) in [5.41, 5.74) is 7.06. The summed E-state index contributed by atoms with van der Waals surface area (Å²) in [6.07, 6.45) is 9.01. The van der Waals surface area contributed by atoms with Gasteiger partial charge in [-0.05, 0) is 19.8 Å². The summed E-state index contributed by atoms with van der Waals surface area (Å²) < 4.78 is 1.91. The minimum Gasteiger partial charge on any atom is -0.384 e. The molecule has 1 aliphatic carbocycles. The Kier molecular flexibility index (Phi) is 2.20. The van der Waals surface area contributed by atoms with Gasteiger partial charge in [0.25, 0.3) is 0 Å². The molecule has 0 unspecified atom stereocenters. The summed E-state index contributed by atoms with van der Waals surface area (Å²) in [5.74, 6) is 4.87. The predicted molar refractivity (Wildman–Crippen MR) is 56.8 cm³/mol. The van der Waals surface area contributed by atoms with Crippen molar-refractivity contribution in [3.05, 3.63) is 11.5 Å². The molecule has 0 amide bonds. The van der Waals surface area contributed by atoms with Crippen LogP contribution in [0, 0.1) is 19.3 Å². The van der Waals surface area contributed by atoms with E-state index in [1.807, 2.05) is 11.5 Å². The van der Waals surface area contributed by atoms with Gasteiger partial charge in [0, 0.05) is 5.92 Å². The Morgan fingerprint density at radius 1 is 1.64 bits per heavy atom. The smallest absolute Gasteiger partial charge is 0.127 e. The third-order valence-electron chi connectivity index (χ3n) is 2.97. The Labute approximate surface area is 84.3 Å². The van der Waals surface area contributed by atoms with Crippen molar-refractivity contribution in [3.8, 4) is 12.3 Å². The maximum absolute atomic E-state index is 6.01. The molecular formula is C11H15N3. The molecule has 74 valence electrons. The van der Waals surface area contributed by atoms with E-state index in [4.69, 9.17) is 12.2 Å². The van der Waals surface area contributed by atoms with Crippen molar-refractivity contribution >= 4 is 5.82 Å². The number of imidazole rings is 1. The molecule has 0 aliphatic heterocycles. The highest BCUT2D eigenvalue weighted by Gasteiger charge is 2.25. The fourth-order valence-electron chi connectivity index (χ4n) is 1.88. The molecule has 2 rings (SSSR count). The lowest BCUT2D eigenvalue weighted by atomic mass is 9.83. The molecule has 0 radical (unpaired) electrons. The van der Waals surface area contributed by atoms with Crippen molar-refractivity contribution in [1.29, 1.82) is 0 Å². The molecular weight excluding hydrogens is 174 g/mol. The van der Waals surface area contributed by atoms with Crippen molar-refractivity contribution in [2.24, 2.45) is 0 Å². The number of nitrogens with two attached hydrogens (primary N) is 1. The first kappa shape index (κ1) is 9.14. The topological polar surface area (TPSA) is 43.8 Å². The molecule has 0 saturated heterocycles. The average Bonchev–Trinajstić information content (AvgIpc) is 2.31. The van der Waals surface area contributed by atoms with Crippen LogP contribution in [-0.4, -0.2) is 9.55 Å². The summed E-state index contributed by atoms with van der Waals surface area (Å²) in [6, 6.07) is 0. The van der Waals surface area contributed by atoms with Gasteiger partial charge in [0.1, 0.15) is 11.6 Å². The second-order valence-electron chi connectivity index (χ2n) is 3.85. The first-order valence-electron chi connectivity index (χ1n) is 5.00. The average molecular weight is 189 g/mol. The summed E-state index contributed by atoms with van der Waals surface area (Å²) >= 11 is 0. The van der Waals surface area contributed by atoms with E-state index in [1.54, 1.807) is 0 Å². The normalized spacial score (nSPS) is 16.3. The molecule has 0 bridgehead atoms. The van der Waals surface area contributed by atoms with Gasteiger partial charge < -0.3 is 10.3 Å². The zero-order valence-electron chi connectivity index (χ0n) is 8.45. The molecule has 2 N–H and O–H groups in total. The summed E-state index contributed by atoms with van der Waals surface area (Å²) in [5, 5.41) is 0. The number of nitrogen functional groups attached to an aromatic ring is 1. The fraction of sp³-hybridized carbons (Fsp3) is 0.545. The molecule has 1 aromatic heterocycles. The van der Waals surface area contributed by atoms with Crippen LogP contribution in [0.25, 0.3) is 0 Å². The zero-order chi connectivity index (χ0) is 10.1. The Balaban J connectivity index is 2.33. The van der Waals surface area contributed by atoms with Crippen molar-refractivity contribution in [1.82, 2.24) is 9.55 Å². The summed E-state index contributed by atoms with van der Waals surface area (Å²) in [7, 11) is 0. The highest BCUT2D eigenvalue weighted by Crippen LogP contribution is 2.38. The maximum atomic E-state index is 6.01. The molecule has 3 heteroatoms. The van der Waals surface area contributed by atoms with Crippen molar-refractivity contribution in [2.45, 2.75) is 38.6 Å². The fourth-order valence-corrected chi connectivity index (χ4v) is 1.88. The monoisotopic (exact) mass is 189 g/mol. The standard InChI is InChI=1S/C11H15N3/c1-3-7-14-8(2)13-10(11(14)12)9-5-4-6-9/h1,9H,4-7,12H2,2H3. The SMILES string of the molecule is C#CCn1c(C)nc(C2CCC2)c1N. The minimum absolute atomic E-state index is 0.525. The van der Waals surface area contributed by atoms with E-state index < -0.39 is 0 Å². The van der Waals surface area contributed by atoms with Gasteiger partial charge in [0.05, 0.1) is 12.2 Å². The molecule has 14 heavy (non-hydrogen) atoms. The third kappa shape index (κ3) is 1.27. The molecule has 1 aliphatic rings. The Morgan fingerprint density at radius 3 is 2.86 bits per heavy atom. The van der Waals surface area contributed by atoms with E-state index in [9.17, 15) is 0 Å². The lowest BCUT2D eigenvalue weighted by Crippen LogP contribution is -2.12. The van der Waals surface area contributed by atoms with E-state index in [0.717, 1.165) is 17.3 Å². The van der Waals surface area contributed by atoms with E-state index in [0.29, 0.717) is 12.5 Å². The van der Waals surface area contributed by atoms with Gasteiger partial charge in [0.2, 0.25) is 0 Å². The maximum Gasteiger partial charge on any atom is 0.127 e. The zero-order valence-corrected chi connectivity index (χ0v) is 8.45. The van der Waals surface area contributed by atoms with Crippen molar-refractivity contribution in [3.63, 3.8) is 0 Å². The third-order valence-corrected chi connectivity index (χ3v) is 2.97. The van der Waals surface area contributed by atoms with Gasteiger partial charge in [0.15, 0.2) is 0 Å². The van der Waals surface area contributed by atoms with Crippen LogP contribution in [0.3, 0.4) is 0 Å². The highest BCUT2D eigenvalue weighted by atomic mass is 15.1. The van der Waals surface area contributed by atoms with Crippen LogP contribution in [0.2, 0.25) is 0 Å². The number of aryl methyl sites for hydroxylation is 1. The Morgan fingerprint density at radius 2 is 2.36 bits per heavy atom. The van der Waals surface area contributed by atoms with Crippen LogP contribution >= 0.6 is 0 Å². The van der Waals surface area contributed by atoms with Crippen molar-refractivity contribution < 1.29 is 0 Å². The van der Waals surface area contributed by atoms with Crippen LogP contribution in [0.4, 0.5) is 5.82 Å². The van der Waals surface area contributed by atoms with Crippen LogP contribution in [0.5, 0.6) is 0 Å². The Bertz CT molecular complexity index is 380. The lowest BCUT2D eigenvalue weighted by Gasteiger charge is -2.23. The lowest BCUT2D eigenvalue weighted by molar-refractivity contribution is 0.413. The van der Waals surface area contributed by atoms with E-state index >= 15 is 0 Å². The number of nitrogens with zero attached hydrogens (tertiary/aromatic N) is 2. The van der Waals surface area contributed by atoms with Gasteiger partial charge in [-0.1, -0.05) is 12.3 Å². The summed E-state index contributed by atoms with van der Waals surface area (Å²) in [6.45, 7) is 2.48. The number of terminal acetylenes is 1. The second kappa shape index (κ2) is 3.38. The molecule has 3 nitrogen and oxygen atoms in total. The van der Waals surface area contributed by atoms with Crippen LogP contribution < -0.4 is 5.73 Å². The number of rotatable bonds is 2.